The van der Waals surface area contributed by atoms with E-state index in [1.165, 1.54) is 5.56 Å². The molecule has 0 saturated carbocycles. The van der Waals surface area contributed by atoms with Gasteiger partial charge < -0.3 is 0 Å². The molecule has 0 aliphatic carbocycles. The highest BCUT2D eigenvalue weighted by Gasteiger charge is 2.21. The molecule has 0 heterocycles. The summed E-state index contributed by atoms with van der Waals surface area (Å²) in [6.45, 7) is 8.26. The Morgan fingerprint density at radius 1 is 1.28 bits per heavy atom. The van der Waals surface area contributed by atoms with Gasteiger partial charge in [-0.3, -0.25) is 4.21 Å². The smallest absolute Gasteiger partial charge is 0.0437 e. The summed E-state index contributed by atoms with van der Waals surface area (Å²) in [5.74, 6) is 1.23. The van der Waals surface area contributed by atoms with E-state index < -0.39 is 10.8 Å². The van der Waals surface area contributed by atoms with Crippen LogP contribution in [0.5, 0.6) is 0 Å². The lowest BCUT2D eigenvalue weighted by Gasteiger charge is -2.20. The summed E-state index contributed by atoms with van der Waals surface area (Å²) in [7, 11) is -0.764. The summed E-state index contributed by atoms with van der Waals surface area (Å²) < 4.78 is 11.9. The molecule has 0 bridgehead atoms. The molecule has 0 radical (unpaired) electrons. The number of hydrogen-bond donors (Lipinski definition) is 0. The fourth-order valence-electron chi connectivity index (χ4n) is 1.69. The van der Waals surface area contributed by atoms with Gasteiger partial charge in [0.2, 0.25) is 0 Å². The second-order valence-corrected chi connectivity index (χ2v) is 8.52. The molecule has 18 heavy (non-hydrogen) atoms. The third-order valence-electron chi connectivity index (χ3n) is 2.98. The molecule has 0 saturated heterocycles. The molecule has 3 heteroatoms. The van der Waals surface area contributed by atoms with Crippen LogP contribution in [0.4, 0.5) is 0 Å². The van der Waals surface area contributed by atoms with Crippen LogP contribution in [0.2, 0.25) is 5.02 Å². The van der Waals surface area contributed by atoms with Crippen molar-refractivity contribution in [3.63, 3.8) is 0 Å². The Morgan fingerprint density at radius 3 is 2.44 bits per heavy atom. The maximum Gasteiger partial charge on any atom is 0.0437 e. The predicted octanol–water partition coefficient (Wildman–Crippen LogP) is 4.46. The van der Waals surface area contributed by atoms with E-state index in [4.69, 9.17) is 11.6 Å². The normalized spacial score (nSPS) is 15.4. The van der Waals surface area contributed by atoms with Crippen molar-refractivity contribution < 1.29 is 4.21 Å². The Bertz CT molecular complexity index is 409. The zero-order chi connectivity index (χ0) is 13.8. The summed E-state index contributed by atoms with van der Waals surface area (Å²) in [4.78, 5) is 0. The number of hydrogen-bond acceptors (Lipinski definition) is 1. The van der Waals surface area contributed by atoms with Gasteiger partial charge in [-0.25, -0.2) is 0 Å². The van der Waals surface area contributed by atoms with Crippen LogP contribution in [0, 0.1) is 5.92 Å². The molecule has 1 aromatic rings. The van der Waals surface area contributed by atoms with Gasteiger partial charge >= 0.3 is 0 Å². The van der Waals surface area contributed by atoms with E-state index in [9.17, 15) is 4.21 Å². The predicted molar refractivity (Wildman–Crippen MR) is 81.7 cm³/mol. The molecule has 1 rings (SSSR count). The lowest BCUT2D eigenvalue weighted by molar-refractivity contribution is 0.573. The maximum atomic E-state index is 12.0. The number of halogens is 1. The lowest BCUT2D eigenvalue weighted by Crippen LogP contribution is -2.26. The van der Waals surface area contributed by atoms with Crippen molar-refractivity contribution in [3.05, 3.63) is 34.9 Å². The third kappa shape index (κ3) is 5.11. The molecular formula is C15H23ClOS. The fourth-order valence-corrected chi connectivity index (χ4v) is 3.11. The molecule has 0 amide bonds. The van der Waals surface area contributed by atoms with E-state index in [-0.39, 0.29) is 4.75 Å². The van der Waals surface area contributed by atoms with Gasteiger partial charge in [0.15, 0.2) is 0 Å². The minimum Gasteiger partial charge on any atom is -0.259 e. The monoisotopic (exact) mass is 286 g/mol. The van der Waals surface area contributed by atoms with Gasteiger partial charge in [0.25, 0.3) is 0 Å². The molecular weight excluding hydrogens is 264 g/mol. The summed E-state index contributed by atoms with van der Waals surface area (Å²) in [5, 5.41) is 0.835. The van der Waals surface area contributed by atoms with Crippen molar-refractivity contribution in [3.8, 4) is 0 Å². The minimum absolute atomic E-state index is 0.112. The molecule has 0 aromatic heterocycles. The van der Waals surface area contributed by atoms with E-state index in [1.807, 2.05) is 39.0 Å². The Kier molecular flexibility index (Phi) is 5.87. The minimum atomic E-state index is -0.764. The summed E-state index contributed by atoms with van der Waals surface area (Å²) in [6, 6.07) is 7.95. The number of benzene rings is 1. The molecule has 0 spiro atoms. The largest absolute Gasteiger partial charge is 0.259 e. The maximum absolute atomic E-state index is 12.0. The first-order valence-electron chi connectivity index (χ1n) is 6.42. The fraction of sp³-hybridized carbons (Fsp3) is 0.600. The first-order valence-corrected chi connectivity index (χ1v) is 8.12. The first kappa shape index (κ1) is 15.7. The van der Waals surface area contributed by atoms with E-state index in [0.717, 1.165) is 23.6 Å². The molecule has 0 aliphatic rings. The number of rotatable bonds is 5. The van der Waals surface area contributed by atoms with Crippen molar-refractivity contribution in [1.82, 2.24) is 0 Å². The molecule has 1 nitrogen and oxygen atoms in total. The van der Waals surface area contributed by atoms with Gasteiger partial charge in [-0.05, 0) is 51.2 Å². The average Bonchev–Trinajstić information content (AvgIpc) is 2.26. The molecule has 2 atom stereocenters. The average molecular weight is 287 g/mol. The molecule has 1 aromatic carbocycles. The highest BCUT2D eigenvalue weighted by atomic mass is 35.5. The second-order valence-electron chi connectivity index (χ2n) is 5.86. The highest BCUT2D eigenvalue weighted by Crippen LogP contribution is 2.21. The van der Waals surface area contributed by atoms with Crippen LogP contribution in [0.15, 0.2) is 24.3 Å². The van der Waals surface area contributed by atoms with Crippen LogP contribution in [0.1, 0.15) is 39.7 Å². The van der Waals surface area contributed by atoms with Crippen molar-refractivity contribution in [2.24, 2.45) is 5.92 Å². The third-order valence-corrected chi connectivity index (χ3v) is 5.59. The van der Waals surface area contributed by atoms with Gasteiger partial charge in [-0.1, -0.05) is 36.7 Å². The molecule has 1 unspecified atom stereocenters. The van der Waals surface area contributed by atoms with Gasteiger partial charge in [0, 0.05) is 26.3 Å². The van der Waals surface area contributed by atoms with Crippen LogP contribution in [0.3, 0.4) is 0 Å². The zero-order valence-corrected chi connectivity index (χ0v) is 13.3. The summed E-state index contributed by atoms with van der Waals surface area (Å²) in [6.07, 6.45) is 1.99. The van der Waals surface area contributed by atoms with Crippen LogP contribution in [0.25, 0.3) is 0 Å². The quantitative estimate of drug-likeness (QED) is 0.781. The first-order chi connectivity index (χ1) is 8.30. The molecule has 102 valence electrons. The van der Waals surface area contributed by atoms with E-state index in [0.29, 0.717) is 5.92 Å². The number of aryl methyl sites for hydroxylation is 1. The SMILES string of the molecule is CC(CCc1ccccc1Cl)C[S@@](=O)C(C)(C)C. The highest BCUT2D eigenvalue weighted by molar-refractivity contribution is 7.86. The van der Waals surface area contributed by atoms with Crippen molar-refractivity contribution >= 4 is 22.4 Å². The Hall–Kier alpha value is -0.340. The van der Waals surface area contributed by atoms with E-state index in [2.05, 4.69) is 13.0 Å². The lowest BCUT2D eigenvalue weighted by atomic mass is 10.0. The molecule has 0 fully saturated rings. The van der Waals surface area contributed by atoms with Crippen molar-refractivity contribution in [2.45, 2.75) is 45.3 Å². The van der Waals surface area contributed by atoms with Crippen LogP contribution >= 0.6 is 11.6 Å². The molecule has 0 aliphatic heterocycles. The van der Waals surface area contributed by atoms with Crippen LogP contribution in [-0.4, -0.2) is 14.7 Å². The van der Waals surface area contributed by atoms with Crippen LogP contribution in [-0.2, 0) is 17.2 Å². The molecule has 0 N–H and O–H groups in total. The van der Waals surface area contributed by atoms with E-state index >= 15 is 0 Å². The summed E-state index contributed by atoms with van der Waals surface area (Å²) in [5.41, 5.74) is 1.19. The van der Waals surface area contributed by atoms with Gasteiger partial charge in [-0.2, -0.15) is 0 Å². The topological polar surface area (TPSA) is 17.1 Å². The van der Waals surface area contributed by atoms with Crippen LogP contribution < -0.4 is 0 Å². The standard InChI is InChI=1S/C15H23ClOS/c1-12(11-18(17)15(2,3)4)9-10-13-7-5-6-8-14(13)16/h5-8,12H,9-11H2,1-4H3/t12?,18-/m1/s1. The van der Waals surface area contributed by atoms with E-state index in [1.54, 1.807) is 0 Å². The van der Waals surface area contributed by atoms with Gasteiger partial charge in [0.1, 0.15) is 0 Å². The second kappa shape index (κ2) is 6.72. The Morgan fingerprint density at radius 2 is 1.89 bits per heavy atom. The van der Waals surface area contributed by atoms with Crippen molar-refractivity contribution in [2.75, 3.05) is 5.75 Å². The Labute approximate surface area is 118 Å². The summed E-state index contributed by atoms with van der Waals surface area (Å²) >= 11 is 6.13. The van der Waals surface area contributed by atoms with Gasteiger partial charge in [-0.15, -0.1) is 0 Å². The van der Waals surface area contributed by atoms with Crippen molar-refractivity contribution in [1.29, 1.82) is 0 Å². The Balaban J connectivity index is 2.45. The zero-order valence-electron chi connectivity index (χ0n) is 11.7. The van der Waals surface area contributed by atoms with Gasteiger partial charge in [0.05, 0.1) is 0 Å².